The Kier molecular flexibility index (Phi) is 6.61. The Labute approximate surface area is 172 Å². The second kappa shape index (κ2) is 9.17. The van der Waals surface area contributed by atoms with Crippen molar-refractivity contribution in [2.45, 2.75) is 39.3 Å². The molecule has 9 heteroatoms. The molecule has 0 radical (unpaired) electrons. The number of amides is 2. The standard InChI is InChI=1S/C21H23F2N3O4/c1-12-9-15(4-3-14(12)6-8-30-11-18(22)23)13(2)26-10-17-16(20(26)27)5-7-24-19(17)25-21(28)29/h3-5,7,9,13,18H,6,8,10-11H2,1-2H3,(H,24,25)(H,28,29)/p-1. The summed E-state index contributed by atoms with van der Waals surface area (Å²) >= 11 is 0. The van der Waals surface area contributed by atoms with Gasteiger partial charge in [-0.25, -0.2) is 13.8 Å². The highest BCUT2D eigenvalue weighted by molar-refractivity contribution is 6.00. The zero-order valence-corrected chi connectivity index (χ0v) is 16.7. The molecular formula is C21H22F2N3O4-. The Bertz CT molecular complexity index is 952. The van der Waals surface area contributed by atoms with Gasteiger partial charge in [0.1, 0.15) is 18.5 Å². The number of nitrogens with zero attached hydrogens (tertiary/aromatic N) is 2. The van der Waals surface area contributed by atoms with Crippen molar-refractivity contribution in [1.29, 1.82) is 0 Å². The second-order valence-electron chi connectivity index (χ2n) is 7.11. The number of halogens is 2. The molecule has 0 aliphatic carbocycles. The predicted molar refractivity (Wildman–Crippen MR) is 103 cm³/mol. The van der Waals surface area contributed by atoms with Gasteiger partial charge in [-0.1, -0.05) is 18.2 Å². The highest BCUT2D eigenvalue weighted by atomic mass is 19.3. The quantitative estimate of drug-likeness (QED) is 0.665. The van der Waals surface area contributed by atoms with E-state index in [0.717, 1.165) is 16.7 Å². The van der Waals surface area contributed by atoms with Crippen LogP contribution in [0.1, 0.15) is 45.6 Å². The molecular weight excluding hydrogens is 396 g/mol. The van der Waals surface area contributed by atoms with Gasteiger partial charge in [-0.05, 0) is 43.0 Å². The molecule has 2 amide bonds. The average molecular weight is 418 g/mol. The predicted octanol–water partition coefficient (Wildman–Crippen LogP) is 2.69. The first kappa shape index (κ1) is 21.6. The molecule has 7 nitrogen and oxygen atoms in total. The molecule has 1 aliphatic heterocycles. The van der Waals surface area contributed by atoms with E-state index in [1.54, 1.807) is 11.0 Å². The molecule has 0 bridgehead atoms. The minimum Gasteiger partial charge on any atom is -0.530 e. The Morgan fingerprint density at radius 1 is 1.37 bits per heavy atom. The van der Waals surface area contributed by atoms with E-state index in [9.17, 15) is 23.5 Å². The maximum Gasteiger partial charge on any atom is 0.261 e. The third-order valence-corrected chi connectivity index (χ3v) is 5.17. The number of fused-ring (bicyclic) bond motifs is 1. The summed E-state index contributed by atoms with van der Waals surface area (Å²) < 4.78 is 29.2. The van der Waals surface area contributed by atoms with E-state index in [2.05, 4.69) is 10.3 Å². The molecule has 1 N–H and O–H groups in total. The molecule has 30 heavy (non-hydrogen) atoms. The Balaban J connectivity index is 1.72. The van der Waals surface area contributed by atoms with Gasteiger partial charge in [0.2, 0.25) is 0 Å². The summed E-state index contributed by atoms with van der Waals surface area (Å²) in [5.41, 5.74) is 3.80. The number of hydrogen-bond acceptors (Lipinski definition) is 5. The number of aryl methyl sites for hydroxylation is 1. The van der Waals surface area contributed by atoms with E-state index in [1.165, 1.54) is 6.20 Å². The third kappa shape index (κ3) is 4.73. The first-order valence-corrected chi connectivity index (χ1v) is 9.50. The highest BCUT2D eigenvalue weighted by Crippen LogP contribution is 2.34. The van der Waals surface area contributed by atoms with Crippen LogP contribution in [-0.2, 0) is 17.7 Å². The minimum absolute atomic E-state index is 0.103. The van der Waals surface area contributed by atoms with Gasteiger partial charge in [0.05, 0.1) is 19.2 Å². The van der Waals surface area contributed by atoms with Gasteiger partial charge in [-0.2, -0.15) is 0 Å². The third-order valence-electron chi connectivity index (χ3n) is 5.17. The van der Waals surface area contributed by atoms with Gasteiger partial charge in [0, 0.05) is 17.3 Å². The van der Waals surface area contributed by atoms with Gasteiger partial charge in [-0.3, -0.25) is 4.79 Å². The summed E-state index contributed by atoms with van der Waals surface area (Å²) in [5.74, 6) is -0.102. The van der Waals surface area contributed by atoms with Crippen LogP contribution in [0.5, 0.6) is 0 Å². The minimum atomic E-state index is -2.48. The van der Waals surface area contributed by atoms with E-state index in [4.69, 9.17) is 4.74 Å². The molecule has 2 aromatic rings. The van der Waals surface area contributed by atoms with Crippen LogP contribution in [0, 0.1) is 6.92 Å². The molecule has 0 saturated carbocycles. The molecule has 0 saturated heterocycles. The first-order valence-electron chi connectivity index (χ1n) is 9.50. The number of anilines is 1. The van der Waals surface area contributed by atoms with Crippen LogP contribution >= 0.6 is 0 Å². The molecule has 1 unspecified atom stereocenters. The van der Waals surface area contributed by atoms with Crippen LogP contribution in [0.25, 0.3) is 0 Å². The Morgan fingerprint density at radius 3 is 2.80 bits per heavy atom. The van der Waals surface area contributed by atoms with Crippen molar-refractivity contribution in [1.82, 2.24) is 9.88 Å². The number of pyridine rings is 1. The van der Waals surface area contributed by atoms with E-state index in [-0.39, 0.29) is 30.9 Å². The number of alkyl halides is 2. The average Bonchev–Trinajstić information content (AvgIpc) is 3.03. The summed E-state index contributed by atoms with van der Waals surface area (Å²) in [7, 11) is 0. The van der Waals surface area contributed by atoms with Crippen molar-refractivity contribution < 1.29 is 28.2 Å². The lowest BCUT2D eigenvalue weighted by Gasteiger charge is -2.25. The van der Waals surface area contributed by atoms with E-state index >= 15 is 0 Å². The number of benzene rings is 1. The SMILES string of the molecule is Cc1cc(C(C)N2Cc3c(ccnc3NC(=O)[O-])C2=O)ccc1CCOCC(F)F. The van der Waals surface area contributed by atoms with Crippen molar-refractivity contribution in [2.75, 3.05) is 18.5 Å². The largest absolute Gasteiger partial charge is 0.530 e. The van der Waals surface area contributed by atoms with E-state index in [1.807, 2.05) is 32.0 Å². The number of carboxylic acid groups (broad SMARTS) is 1. The van der Waals surface area contributed by atoms with E-state index in [0.29, 0.717) is 17.5 Å². The highest BCUT2D eigenvalue weighted by Gasteiger charge is 2.33. The lowest BCUT2D eigenvalue weighted by Crippen LogP contribution is -2.30. The lowest BCUT2D eigenvalue weighted by molar-refractivity contribution is -0.242. The number of aromatic nitrogens is 1. The summed E-state index contributed by atoms with van der Waals surface area (Å²) in [5, 5.41) is 13.0. The Morgan fingerprint density at radius 2 is 2.13 bits per heavy atom. The second-order valence-corrected chi connectivity index (χ2v) is 7.11. The zero-order valence-electron chi connectivity index (χ0n) is 16.7. The number of nitrogens with one attached hydrogen (secondary N) is 1. The number of ether oxygens (including phenoxy) is 1. The molecule has 160 valence electrons. The molecule has 1 atom stereocenters. The van der Waals surface area contributed by atoms with Gasteiger partial charge in [0.25, 0.3) is 12.3 Å². The van der Waals surface area contributed by atoms with Gasteiger partial charge in [0.15, 0.2) is 0 Å². The fourth-order valence-electron chi connectivity index (χ4n) is 3.56. The maximum absolute atomic E-state index is 12.9. The van der Waals surface area contributed by atoms with Crippen molar-refractivity contribution in [3.63, 3.8) is 0 Å². The number of carbonyl (C=O) groups is 2. The van der Waals surface area contributed by atoms with Crippen LogP contribution in [0.3, 0.4) is 0 Å². The van der Waals surface area contributed by atoms with E-state index < -0.39 is 19.1 Å². The molecule has 0 fully saturated rings. The van der Waals surface area contributed by atoms with Crippen LogP contribution in [0.4, 0.5) is 19.4 Å². The molecule has 2 heterocycles. The fourth-order valence-corrected chi connectivity index (χ4v) is 3.56. The summed E-state index contributed by atoms with van der Waals surface area (Å²) in [6.45, 7) is 3.67. The molecule has 1 aliphatic rings. The van der Waals surface area contributed by atoms with Crippen molar-refractivity contribution in [2.24, 2.45) is 0 Å². The molecule has 1 aromatic carbocycles. The number of hydrogen-bond donors (Lipinski definition) is 1. The molecule has 3 rings (SSSR count). The van der Waals surface area contributed by atoms with Gasteiger partial charge >= 0.3 is 0 Å². The first-order chi connectivity index (χ1) is 14.3. The van der Waals surface area contributed by atoms with Crippen LogP contribution < -0.4 is 10.4 Å². The summed E-state index contributed by atoms with van der Waals surface area (Å²) in [4.78, 5) is 29.4. The topological polar surface area (TPSA) is 94.6 Å². The summed E-state index contributed by atoms with van der Waals surface area (Å²) in [6.07, 6.45) is -2.07. The monoisotopic (exact) mass is 418 g/mol. The normalized spacial score (nSPS) is 14.2. The maximum atomic E-state index is 12.9. The lowest BCUT2D eigenvalue weighted by atomic mass is 9.99. The number of carbonyl (C=O) groups excluding carboxylic acids is 2. The zero-order chi connectivity index (χ0) is 21.8. The van der Waals surface area contributed by atoms with Crippen LogP contribution in [0.15, 0.2) is 30.5 Å². The fraction of sp³-hybridized carbons (Fsp3) is 0.381. The van der Waals surface area contributed by atoms with Crippen LogP contribution in [-0.4, -0.2) is 41.5 Å². The smallest absolute Gasteiger partial charge is 0.261 e. The summed E-state index contributed by atoms with van der Waals surface area (Å²) in [6, 6.07) is 7.07. The van der Waals surface area contributed by atoms with Gasteiger partial charge in [-0.15, -0.1) is 0 Å². The van der Waals surface area contributed by atoms with Crippen LogP contribution in [0.2, 0.25) is 0 Å². The van der Waals surface area contributed by atoms with Crippen molar-refractivity contribution in [3.8, 4) is 0 Å². The number of rotatable bonds is 8. The molecule has 1 aromatic heterocycles. The Hall–Kier alpha value is -3.07. The van der Waals surface area contributed by atoms with Gasteiger partial charge < -0.3 is 24.9 Å². The van der Waals surface area contributed by atoms with Crippen molar-refractivity contribution >= 4 is 17.8 Å². The molecule has 0 spiro atoms. The van der Waals surface area contributed by atoms with Crippen molar-refractivity contribution in [3.05, 3.63) is 58.3 Å².